The molecule has 0 aromatic carbocycles. The molecule has 0 saturated heterocycles. The molecule has 4 N–H and O–H groups in total. The van der Waals surface area contributed by atoms with Crippen molar-refractivity contribution in [2.24, 2.45) is 11.5 Å². The predicted octanol–water partition coefficient (Wildman–Crippen LogP) is 0.843. The van der Waals surface area contributed by atoms with E-state index in [-0.39, 0.29) is 24.8 Å². The average molecular weight is 210 g/mol. The van der Waals surface area contributed by atoms with Crippen molar-refractivity contribution in [3.8, 4) is 0 Å². The highest BCUT2D eigenvalue weighted by Gasteiger charge is 1.91. The van der Waals surface area contributed by atoms with Gasteiger partial charge in [-0.3, -0.25) is 4.98 Å². The van der Waals surface area contributed by atoms with Crippen LogP contribution >= 0.6 is 24.8 Å². The summed E-state index contributed by atoms with van der Waals surface area (Å²) in [4.78, 5) is 4.16. The molecule has 0 aliphatic heterocycles. The number of aromatic nitrogens is 1. The Bertz CT molecular complexity index is 198. The van der Waals surface area contributed by atoms with Crippen LogP contribution in [-0.4, -0.2) is 4.98 Å². The molecule has 0 aliphatic rings. The van der Waals surface area contributed by atoms with Gasteiger partial charge in [0.2, 0.25) is 0 Å². The molecule has 1 aromatic heterocycles. The second-order valence-electron chi connectivity index (χ2n) is 2.03. The summed E-state index contributed by atoms with van der Waals surface area (Å²) in [7, 11) is 0. The fraction of sp³-hybridized carbons (Fsp3) is 0.286. The number of halogens is 2. The van der Waals surface area contributed by atoms with Gasteiger partial charge >= 0.3 is 0 Å². The lowest BCUT2D eigenvalue weighted by Crippen LogP contribution is -2.04. The lowest BCUT2D eigenvalue weighted by molar-refractivity contribution is 0.916. The molecule has 5 heteroatoms. The lowest BCUT2D eigenvalue weighted by atomic mass is 10.3. The van der Waals surface area contributed by atoms with E-state index in [1.807, 2.05) is 18.2 Å². The molecule has 0 saturated carbocycles. The van der Waals surface area contributed by atoms with E-state index in [1.54, 1.807) is 0 Å². The number of hydrogen-bond acceptors (Lipinski definition) is 3. The summed E-state index contributed by atoms with van der Waals surface area (Å²) >= 11 is 0. The van der Waals surface area contributed by atoms with Crippen LogP contribution in [0.5, 0.6) is 0 Å². The molecular weight excluding hydrogens is 197 g/mol. The fourth-order valence-corrected chi connectivity index (χ4v) is 0.757. The van der Waals surface area contributed by atoms with Gasteiger partial charge < -0.3 is 11.5 Å². The summed E-state index contributed by atoms with van der Waals surface area (Å²) in [5.41, 5.74) is 12.5. The van der Waals surface area contributed by atoms with Crippen molar-refractivity contribution in [1.82, 2.24) is 4.98 Å². The maximum absolute atomic E-state index is 5.37. The number of rotatable bonds is 2. The topological polar surface area (TPSA) is 64.9 Å². The molecule has 1 heterocycles. The van der Waals surface area contributed by atoms with Crippen LogP contribution in [-0.2, 0) is 13.1 Å². The summed E-state index contributed by atoms with van der Waals surface area (Å²) < 4.78 is 0. The van der Waals surface area contributed by atoms with E-state index < -0.39 is 0 Å². The highest BCUT2D eigenvalue weighted by atomic mass is 35.5. The monoisotopic (exact) mass is 209 g/mol. The van der Waals surface area contributed by atoms with Crippen LogP contribution in [0.1, 0.15) is 11.4 Å². The molecule has 12 heavy (non-hydrogen) atoms. The third-order valence-corrected chi connectivity index (χ3v) is 1.28. The molecule has 0 unspecified atom stereocenters. The van der Waals surface area contributed by atoms with Gasteiger partial charge in [-0.1, -0.05) is 6.07 Å². The Morgan fingerprint density at radius 3 is 1.75 bits per heavy atom. The SMILES string of the molecule is Cl.Cl.NCc1cccc(CN)n1. The smallest absolute Gasteiger partial charge is 0.0543 e. The molecule has 0 atom stereocenters. The van der Waals surface area contributed by atoms with E-state index in [0.29, 0.717) is 13.1 Å². The van der Waals surface area contributed by atoms with Crippen molar-refractivity contribution in [2.45, 2.75) is 13.1 Å². The fourth-order valence-electron chi connectivity index (χ4n) is 0.757. The summed E-state index contributed by atoms with van der Waals surface area (Å²) in [6.45, 7) is 0.960. The normalized spacial score (nSPS) is 8.17. The number of pyridine rings is 1. The molecule has 0 amide bonds. The number of hydrogen-bond donors (Lipinski definition) is 2. The minimum Gasteiger partial charge on any atom is -0.325 e. The molecule has 0 fully saturated rings. The van der Waals surface area contributed by atoms with Gasteiger partial charge in [0.25, 0.3) is 0 Å². The highest BCUT2D eigenvalue weighted by molar-refractivity contribution is 5.85. The first kappa shape index (κ1) is 14.2. The van der Waals surface area contributed by atoms with Crippen molar-refractivity contribution >= 4 is 24.8 Å². The largest absolute Gasteiger partial charge is 0.325 e. The zero-order valence-corrected chi connectivity index (χ0v) is 8.20. The van der Waals surface area contributed by atoms with Gasteiger partial charge in [-0.2, -0.15) is 0 Å². The second-order valence-corrected chi connectivity index (χ2v) is 2.03. The van der Waals surface area contributed by atoms with E-state index >= 15 is 0 Å². The van der Waals surface area contributed by atoms with Gasteiger partial charge in [-0.05, 0) is 12.1 Å². The quantitative estimate of drug-likeness (QED) is 0.760. The zero-order chi connectivity index (χ0) is 7.40. The van der Waals surface area contributed by atoms with Gasteiger partial charge in [0.05, 0.1) is 11.4 Å². The molecule has 0 radical (unpaired) electrons. The van der Waals surface area contributed by atoms with Crippen LogP contribution in [0.15, 0.2) is 18.2 Å². The molecule has 3 nitrogen and oxygen atoms in total. The van der Waals surface area contributed by atoms with E-state index in [2.05, 4.69) is 4.98 Å². The summed E-state index contributed by atoms with van der Waals surface area (Å²) in [6.07, 6.45) is 0. The van der Waals surface area contributed by atoms with Crippen molar-refractivity contribution in [3.05, 3.63) is 29.6 Å². The van der Waals surface area contributed by atoms with E-state index in [1.165, 1.54) is 0 Å². The van der Waals surface area contributed by atoms with E-state index in [4.69, 9.17) is 11.5 Å². The van der Waals surface area contributed by atoms with Gasteiger partial charge in [-0.25, -0.2) is 0 Å². The van der Waals surface area contributed by atoms with Crippen LogP contribution in [0, 0.1) is 0 Å². The third kappa shape index (κ3) is 3.88. The van der Waals surface area contributed by atoms with Crippen molar-refractivity contribution in [3.63, 3.8) is 0 Å². The number of nitrogens with two attached hydrogens (primary N) is 2. The average Bonchev–Trinajstić information content (AvgIpc) is 2.05. The Morgan fingerprint density at radius 2 is 1.42 bits per heavy atom. The lowest BCUT2D eigenvalue weighted by Gasteiger charge is -1.97. The van der Waals surface area contributed by atoms with Crippen LogP contribution in [0.2, 0.25) is 0 Å². The van der Waals surface area contributed by atoms with Crippen LogP contribution in [0.3, 0.4) is 0 Å². The molecule has 0 aliphatic carbocycles. The molecule has 1 rings (SSSR count). The first-order valence-electron chi connectivity index (χ1n) is 3.21. The Morgan fingerprint density at radius 1 is 1.00 bits per heavy atom. The Balaban J connectivity index is 0. The van der Waals surface area contributed by atoms with Crippen molar-refractivity contribution in [2.75, 3.05) is 0 Å². The van der Waals surface area contributed by atoms with Crippen LogP contribution in [0.25, 0.3) is 0 Å². The van der Waals surface area contributed by atoms with Crippen LogP contribution < -0.4 is 11.5 Å². The second kappa shape index (κ2) is 7.31. The predicted molar refractivity (Wildman–Crippen MR) is 54.5 cm³/mol. The summed E-state index contributed by atoms with van der Waals surface area (Å²) in [5, 5.41) is 0. The van der Waals surface area contributed by atoms with Gasteiger partial charge in [0, 0.05) is 13.1 Å². The van der Waals surface area contributed by atoms with Gasteiger partial charge in [0.15, 0.2) is 0 Å². The van der Waals surface area contributed by atoms with Crippen molar-refractivity contribution in [1.29, 1.82) is 0 Å². The molecule has 0 bridgehead atoms. The summed E-state index contributed by atoms with van der Waals surface area (Å²) in [5.74, 6) is 0. The summed E-state index contributed by atoms with van der Waals surface area (Å²) in [6, 6.07) is 5.69. The Labute approximate surface area is 84.4 Å². The maximum Gasteiger partial charge on any atom is 0.0543 e. The number of nitrogens with zero attached hydrogens (tertiary/aromatic N) is 1. The highest BCUT2D eigenvalue weighted by Crippen LogP contribution is 1.96. The molecule has 1 aromatic rings. The minimum absolute atomic E-state index is 0. The standard InChI is InChI=1S/C7H11N3.2ClH/c8-4-6-2-1-3-7(5-9)10-6;;/h1-3H,4-5,8-9H2;2*1H. The molecule has 70 valence electrons. The minimum atomic E-state index is 0. The first-order chi connectivity index (χ1) is 4.86. The Kier molecular flexibility index (Phi) is 8.64. The third-order valence-electron chi connectivity index (χ3n) is 1.28. The maximum atomic E-state index is 5.37. The van der Waals surface area contributed by atoms with Gasteiger partial charge in [-0.15, -0.1) is 24.8 Å². The van der Waals surface area contributed by atoms with Crippen LogP contribution in [0.4, 0.5) is 0 Å². The van der Waals surface area contributed by atoms with E-state index in [0.717, 1.165) is 11.4 Å². The Hall–Kier alpha value is -0.350. The van der Waals surface area contributed by atoms with Gasteiger partial charge in [0.1, 0.15) is 0 Å². The first-order valence-corrected chi connectivity index (χ1v) is 3.21. The van der Waals surface area contributed by atoms with Crippen molar-refractivity contribution < 1.29 is 0 Å². The van der Waals surface area contributed by atoms with E-state index in [9.17, 15) is 0 Å². The molecule has 0 spiro atoms. The zero-order valence-electron chi connectivity index (χ0n) is 6.56. The molecular formula is C7H13Cl2N3.